The van der Waals surface area contributed by atoms with Gasteiger partial charge in [0.1, 0.15) is 18.5 Å². The Balaban J connectivity index is 1.42. The van der Waals surface area contributed by atoms with Crippen molar-refractivity contribution >= 4 is 23.3 Å². The molecule has 0 saturated heterocycles. The van der Waals surface area contributed by atoms with E-state index >= 15 is 0 Å². The Kier molecular flexibility index (Phi) is 7.84. The number of nitrogens with two attached hydrogens (primary N) is 1. The molecule has 1 aliphatic rings. The second-order valence-electron chi connectivity index (χ2n) is 9.04. The molecule has 12 nitrogen and oxygen atoms in total. The molecule has 4 N–H and O–H groups in total. The van der Waals surface area contributed by atoms with E-state index in [4.69, 9.17) is 15.2 Å². The molecule has 0 unspecified atom stereocenters. The van der Waals surface area contributed by atoms with Crippen LogP contribution >= 0.6 is 0 Å². The fourth-order valence-electron chi connectivity index (χ4n) is 4.30. The number of amides is 2. The summed E-state index contributed by atoms with van der Waals surface area (Å²) in [4.78, 5) is 35.5. The molecule has 0 bridgehead atoms. The smallest absolute Gasteiger partial charge is 0.407 e. The summed E-state index contributed by atoms with van der Waals surface area (Å²) >= 11 is 0. The maximum Gasteiger partial charge on any atom is 0.407 e. The Morgan fingerprint density at radius 1 is 1.14 bits per heavy atom. The van der Waals surface area contributed by atoms with Gasteiger partial charge >= 0.3 is 6.09 Å². The number of anilines is 1. The van der Waals surface area contributed by atoms with E-state index in [9.17, 15) is 9.59 Å². The van der Waals surface area contributed by atoms with Crippen LogP contribution in [0, 0.1) is 0 Å². The minimum atomic E-state index is -0.402. The van der Waals surface area contributed by atoms with Crippen molar-refractivity contribution < 1.29 is 19.1 Å². The van der Waals surface area contributed by atoms with Crippen LogP contribution in [0.1, 0.15) is 36.0 Å². The van der Waals surface area contributed by atoms with Crippen LogP contribution in [0.3, 0.4) is 0 Å². The highest BCUT2D eigenvalue weighted by Gasteiger charge is 2.26. The van der Waals surface area contributed by atoms with Gasteiger partial charge in [-0.2, -0.15) is 5.10 Å². The second-order valence-corrected chi connectivity index (χ2v) is 9.04. The van der Waals surface area contributed by atoms with Crippen molar-refractivity contribution in [3.05, 3.63) is 36.3 Å². The highest BCUT2D eigenvalue weighted by Crippen LogP contribution is 2.29. The van der Waals surface area contributed by atoms with E-state index in [0.717, 1.165) is 31.2 Å². The van der Waals surface area contributed by atoms with Crippen molar-refractivity contribution in [3.63, 3.8) is 0 Å². The Hall–Kier alpha value is -3.93. The highest BCUT2D eigenvalue weighted by atomic mass is 16.5. The predicted octanol–water partition coefficient (Wildman–Crippen LogP) is 1.71. The van der Waals surface area contributed by atoms with Gasteiger partial charge in [0.25, 0.3) is 5.91 Å². The normalized spacial score (nSPS) is 17.7. The maximum atomic E-state index is 13.3. The van der Waals surface area contributed by atoms with Crippen LogP contribution in [0.5, 0.6) is 5.88 Å². The van der Waals surface area contributed by atoms with Crippen molar-refractivity contribution in [2.75, 3.05) is 40.1 Å². The van der Waals surface area contributed by atoms with Gasteiger partial charge in [0.15, 0.2) is 5.82 Å². The van der Waals surface area contributed by atoms with Gasteiger partial charge in [-0.15, -0.1) is 0 Å². The lowest BCUT2D eigenvalue weighted by molar-refractivity contribution is 0.0922. The van der Waals surface area contributed by atoms with E-state index < -0.39 is 6.09 Å². The monoisotopic (exact) mass is 496 g/mol. The number of hydrogen-bond acceptors (Lipinski definition) is 9. The molecule has 2 amide bonds. The minimum Gasteiger partial charge on any atom is -0.481 e. The first-order valence-corrected chi connectivity index (χ1v) is 11.9. The van der Waals surface area contributed by atoms with Gasteiger partial charge in [-0.25, -0.2) is 19.3 Å². The van der Waals surface area contributed by atoms with Crippen LogP contribution in [0.25, 0.3) is 16.8 Å². The summed E-state index contributed by atoms with van der Waals surface area (Å²) in [6.45, 7) is 1.02. The van der Waals surface area contributed by atoms with Crippen LogP contribution in [0.2, 0.25) is 0 Å². The lowest BCUT2D eigenvalue weighted by Gasteiger charge is -2.29. The van der Waals surface area contributed by atoms with Crippen LogP contribution in [0.4, 0.5) is 10.6 Å². The molecule has 1 saturated carbocycles. The van der Waals surface area contributed by atoms with Crippen molar-refractivity contribution in [1.82, 2.24) is 35.1 Å². The van der Waals surface area contributed by atoms with E-state index in [1.54, 1.807) is 30.0 Å². The fourth-order valence-corrected chi connectivity index (χ4v) is 4.30. The Labute approximate surface area is 209 Å². The van der Waals surface area contributed by atoms with Crippen molar-refractivity contribution in [3.8, 4) is 17.1 Å². The van der Waals surface area contributed by atoms with Crippen LogP contribution in [0.15, 0.2) is 30.7 Å². The molecule has 4 rings (SSSR count). The molecule has 0 atom stereocenters. The van der Waals surface area contributed by atoms with Gasteiger partial charge in [-0.05, 0) is 51.9 Å². The van der Waals surface area contributed by atoms with Gasteiger partial charge in [-0.3, -0.25) is 4.79 Å². The van der Waals surface area contributed by atoms with E-state index in [-0.39, 0.29) is 23.8 Å². The van der Waals surface area contributed by atoms with E-state index in [1.165, 1.54) is 6.33 Å². The lowest BCUT2D eigenvalue weighted by Crippen LogP contribution is -2.44. The minimum absolute atomic E-state index is 0.0226. The number of nitrogen functional groups attached to an aromatic ring is 1. The number of carbonyl (C=O) groups excluding carboxylic acids is 2. The number of rotatable bonds is 8. The predicted molar refractivity (Wildman–Crippen MR) is 134 cm³/mol. The summed E-state index contributed by atoms with van der Waals surface area (Å²) in [6.07, 6.45) is 5.55. The van der Waals surface area contributed by atoms with Crippen molar-refractivity contribution in [2.45, 2.75) is 37.8 Å². The summed E-state index contributed by atoms with van der Waals surface area (Å²) in [5.74, 6) is 0.409. The molecule has 3 heterocycles. The van der Waals surface area contributed by atoms with Gasteiger partial charge in [0.2, 0.25) is 5.88 Å². The summed E-state index contributed by atoms with van der Waals surface area (Å²) < 4.78 is 12.1. The number of hydrogen-bond donors (Lipinski definition) is 3. The van der Waals surface area contributed by atoms with Crippen LogP contribution in [-0.4, -0.2) is 82.9 Å². The number of ether oxygens (including phenoxy) is 2. The molecule has 0 aliphatic heterocycles. The summed E-state index contributed by atoms with van der Waals surface area (Å²) in [6, 6.07) is 5.33. The van der Waals surface area contributed by atoms with E-state index in [0.29, 0.717) is 35.8 Å². The van der Waals surface area contributed by atoms with Gasteiger partial charge in [-0.1, -0.05) is 0 Å². The molecule has 36 heavy (non-hydrogen) atoms. The Morgan fingerprint density at radius 3 is 2.56 bits per heavy atom. The van der Waals surface area contributed by atoms with Crippen molar-refractivity contribution in [2.24, 2.45) is 0 Å². The number of nitrogens with one attached hydrogen (secondary N) is 2. The number of carbonyl (C=O) groups is 2. The number of likely N-dealkylation sites (N-methyl/N-ethyl adjacent to an activating group) is 1. The van der Waals surface area contributed by atoms with E-state index in [1.807, 2.05) is 25.1 Å². The largest absolute Gasteiger partial charge is 0.481 e. The standard InChI is InChI=1S/C24H32N8O4/c1-31(2)10-11-36-24(34)30-17-6-4-16(5-7-17)29-23(33)18-13-19(15-8-9-26-20(12-15)35-3)32-21(18)22(25)27-14-28-32/h8-9,12-14,16-17H,4-7,10-11H2,1-3H3,(H,29,33)(H,30,34)(H2,25,27,28). The van der Waals surface area contributed by atoms with Crippen LogP contribution < -0.4 is 21.1 Å². The maximum absolute atomic E-state index is 13.3. The molecule has 1 fully saturated rings. The summed E-state index contributed by atoms with van der Waals surface area (Å²) in [5, 5.41) is 10.4. The number of fused-ring (bicyclic) bond motifs is 1. The zero-order chi connectivity index (χ0) is 25.7. The first-order valence-electron chi connectivity index (χ1n) is 11.9. The third-order valence-electron chi connectivity index (χ3n) is 6.22. The highest BCUT2D eigenvalue weighted by molar-refractivity contribution is 6.05. The lowest BCUT2D eigenvalue weighted by atomic mass is 9.91. The molecule has 1 aliphatic carbocycles. The Morgan fingerprint density at radius 2 is 1.86 bits per heavy atom. The van der Waals surface area contributed by atoms with Gasteiger partial charge in [0.05, 0.1) is 18.4 Å². The van der Waals surface area contributed by atoms with Gasteiger partial charge in [0, 0.05) is 36.5 Å². The average Bonchev–Trinajstić information content (AvgIpc) is 3.26. The SMILES string of the molecule is COc1cc(-c2cc(C(=O)NC3CCC(NC(=O)OCCN(C)C)CC3)c3c(N)ncnn23)ccn1. The quantitative estimate of drug-likeness (QED) is 0.424. The summed E-state index contributed by atoms with van der Waals surface area (Å²) in [5.41, 5.74) is 8.43. The number of alkyl carbamates (subject to hydrolysis) is 1. The number of aromatic nitrogens is 4. The first-order chi connectivity index (χ1) is 17.4. The fraction of sp³-hybridized carbons (Fsp3) is 0.458. The molecular formula is C24H32N8O4. The molecule has 0 spiro atoms. The third kappa shape index (κ3) is 5.82. The van der Waals surface area contributed by atoms with Crippen LogP contribution in [-0.2, 0) is 4.74 Å². The van der Waals surface area contributed by atoms with Crippen molar-refractivity contribution in [1.29, 1.82) is 0 Å². The molecule has 3 aromatic heterocycles. The second kappa shape index (κ2) is 11.2. The zero-order valence-corrected chi connectivity index (χ0v) is 20.7. The third-order valence-corrected chi connectivity index (χ3v) is 6.22. The first kappa shape index (κ1) is 25.2. The molecule has 0 radical (unpaired) electrons. The molecule has 12 heteroatoms. The average molecular weight is 497 g/mol. The molecule has 3 aromatic rings. The Bertz CT molecular complexity index is 1220. The van der Waals surface area contributed by atoms with E-state index in [2.05, 4.69) is 25.7 Å². The topological polar surface area (TPSA) is 149 Å². The zero-order valence-electron chi connectivity index (χ0n) is 20.7. The van der Waals surface area contributed by atoms with Gasteiger partial charge < -0.3 is 30.7 Å². The summed E-state index contributed by atoms with van der Waals surface area (Å²) in [7, 11) is 5.39. The number of methoxy groups -OCH3 is 1. The molecule has 192 valence electrons. The number of nitrogens with zero attached hydrogens (tertiary/aromatic N) is 5. The number of pyridine rings is 1. The molecule has 0 aromatic carbocycles. The molecular weight excluding hydrogens is 464 g/mol.